The molecule has 0 unspecified atom stereocenters. The van der Waals surface area contributed by atoms with Gasteiger partial charge in [0, 0.05) is 5.56 Å². The first-order valence-corrected chi connectivity index (χ1v) is 8.98. The standard InChI is InChI=1S/C17H18N2O3S/c1-2-22-14-8-10-15(11-9-14)23(20,21)19-18-17-12-7-13-5-3-4-6-16(13)17/h3-6,8-11,19H,2,7,12H2,1H3/b18-17+. The van der Waals surface area contributed by atoms with Crippen LogP contribution in [0, 0.1) is 0 Å². The van der Waals surface area contributed by atoms with Gasteiger partial charge in [-0.2, -0.15) is 18.4 Å². The third kappa shape index (κ3) is 3.37. The molecule has 2 aromatic rings. The van der Waals surface area contributed by atoms with Crippen LogP contribution in [0.5, 0.6) is 5.75 Å². The van der Waals surface area contributed by atoms with Crippen LogP contribution >= 0.6 is 0 Å². The maximum Gasteiger partial charge on any atom is 0.276 e. The number of nitrogens with zero attached hydrogens (tertiary/aromatic N) is 1. The lowest BCUT2D eigenvalue weighted by Crippen LogP contribution is -2.20. The van der Waals surface area contributed by atoms with Crippen LogP contribution in [0.1, 0.15) is 24.5 Å². The van der Waals surface area contributed by atoms with Crippen molar-refractivity contribution in [3.05, 3.63) is 59.7 Å². The Morgan fingerprint density at radius 1 is 1.09 bits per heavy atom. The molecule has 0 heterocycles. The van der Waals surface area contributed by atoms with E-state index >= 15 is 0 Å². The van der Waals surface area contributed by atoms with Crippen LogP contribution in [0.3, 0.4) is 0 Å². The highest BCUT2D eigenvalue weighted by molar-refractivity contribution is 7.89. The van der Waals surface area contributed by atoms with Crippen LogP contribution in [0.2, 0.25) is 0 Å². The van der Waals surface area contributed by atoms with Crippen molar-refractivity contribution in [2.75, 3.05) is 6.61 Å². The van der Waals surface area contributed by atoms with E-state index in [0.29, 0.717) is 12.4 Å². The molecular weight excluding hydrogens is 312 g/mol. The largest absolute Gasteiger partial charge is 0.494 e. The van der Waals surface area contributed by atoms with E-state index in [-0.39, 0.29) is 4.90 Å². The first kappa shape index (κ1) is 15.6. The summed E-state index contributed by atoms with van der Waals surface area (Å²) < 4.78 is 29.9. The van der Waals surface area contributed by atoms with Crippen LogP contribution in [0.15, 0.2) is 58.5 Å². The second kappa shape index (κ2) is 6.42. The van der Waals surface area contributed by atoms with E-state index in [0.717, 1.165) is 24.1 Å². The second-order valence-electron chi connectivity index (χ2n) is 5.21. The van der Waals surface area contributed by atoms with Gasteiger partial charge in [-0.25, -0.2) is 0 Å². The number of ether oxygens (including phenoxy) is 1. The number of aryl methyl sites for hydroxylation is 1. The number of rotatable bonds is 5. The molecule has 0 fully saturated rings. The van der Waals surface area contributed by atoms with E-state index in [9.17, 15) is 8.42 Å². The molecule has 5 nitrogen and oxygen atoms in total. The van der Waals surface area contributed by atoms with E-state index in [1.165, 1.54) is 17.7 Å². The van der Waals surface area contributed by atoms with Gasteiger partial charge in [-0.1, -0.05) is 24.3 Å². The fourth-order valence-corrected chi connectivity index (χ4v) is 3.40. The Labute approximate surface area is 136 Å². The van der Waals surface area contributed by atoms with Crippen molar-refractivity contribution in [2.45, 2.75) is 24.7 Å². The number of benzene rings is 2. The molecule has 0 bridgehead atoms. The summed E-state index contributed by atoms with van der Waals surface area (Å²) in [5.41, 5.74) is 2.99. The molecule has 120 valence electrons. The maximum absolute atomic E-state index is 12.3. The van der Waals surface area contributed by atoms with Gasteiger partial charge in [0.25, 0.3) is 10.0 Å². The fourth-order valence-electron chi connectivity index (χ4n) is 2.57. The minimum atomic E-state index is -3.68. The number of hydrogen-bond acceptors (Lipinski definition) is 4. The number of hydrogen-bond donors (Lipinski definition) is 1. The van der Waals surface area contributed by atoms with Gasteiger partial charge < -0.3 is 4.74 Å². The van der Waals surface area contributed by atoms with Gasteiger partial charge >= 0.3 is 0 Å². The summed E-state index contributed by atoms with van der Waals surface area (Å²) in [6, 6.07) is 14.2. The molecule has 0 atom stereocenters. The summed E-state index contributed by atoms with van der Waals surface area (Å²) in [6.45, 7) is 2.42. The van der Waals surface area contributed by atoms with Crippen LogP contribution in [0.4, 0.5) is 0 Å². The highest BCUT2D eigenvalue weighted by Gasteiger charge is 2.19. The predicted octanol–water partition coefficient (Wildman–Crippen LogP) is 2.71. The summed E-state index contributed by atoms with van der Waals surface area (Å²) in [4.78, 5) is 2.49. The van der Waals surface area contributed by atoms with E-state index < -0.39 is 10.0 Å². The van der Waals surface area contributed by atoms with Gasteiger partial charge in [0.15, 0.2) is 0 Å². The molecule has 2 aromatic carbocycles. The SMILES string of the molecule is CCOc1ccc(S(=O)(=O)N/N=C2\CCc3ccccc32)cc1. The Balaban J connectivity index is 1.78. The summed E-state index contributed by atoms with van der Waals surface area (Å²) in [5, 5.41) is 4.12. The molecule has 1 aliphatic rings. The zero-order chi connectivity index (χ0) is 16.3. The summed E-state index contributed by atoms with van der Waals surface area (Å²) in [6.07, 6.45) is 1.63. The van der Waals surface area contributed by atoms with Crippen molar-refractivity contribution in [1.29, 1.82) is 0 Å². The molecule has 1 aliphatic carbocycles. The molecule has 1 N–H and O–H groups in total. The van der Waals surface area contributed by atoms with E-state index in [2.05, 4.69) is 9.93 Å². The Morgan fingerprint density at radius 3 is 2.57 bits per heavy atom. The monoisotopic (exact) mass is 330 g/mol. The van der Waals surface area contributed by atoms with Gasteiger partial charge in [0.1, 0.15) is 5.75 Å². The first-order chi connectivity index (χ1) is 11.1. The summed E-state index contributed by atoms with van der Waals surface area (Å²) in [7, 11) is -3.68. The van der Waals surface area contributed by atoms with Gasteiger partial charge in [0.2, 0.25) is 0 Å². The molecule has 23 heavy (non-hydrogen) atoms. The van der Waals surface area contributed by atoms with Gasteiger partial charge in [-0.3, -0.25) is 0 Å². The van der Waals surface area contributed by atoms with Gasteiger partial charge in [0.05, 0.1) is 17.2 Å². The normalized spacial score (nSPS) is 15.4. The molecule has 0 amide bonds. The minimum absolute atomic E-state index is 0.164. The van der Waals surface area contributed by atoms with Crippen LogP contribution in [-0.4, -0.2) is 20.7 Å². The third-order valence-electron chi connectivity index (χ3n) is 3.71. The minimum Gasteiger partial charge on any atom is -0.494 e. The Kier molecular flexibility index (Phi) is 4.34. The smallest absolute Gasteiger partial charge is 0.276 e. The zero-order valence-electron chi connectivity index (χ0n) is 12.8. The predicted molar refractivity (Wildman–Crippen MR) is 89.2 cm³/mol. The van der Waals surface area contributed by atoms with Gasteiger partial charge in [-0.05, 0) is 49.6 Å². The van der Waals surface area contributed by atoms with Crippen molar-refractivity contribution in [2.24, 2.45) is 5.10 Å². The molecule has 0 aromatic heterocycles. The number of nitrogens with one attached hydrogen (secondary N) is 1. The Morgan fingerprint density at radius 2 is 1.83 bits per heavy atom. The summed E-state index contributed by atoms with van der Waals surface area (Å²) in [5.74, 6) is 0.641. The molecule has 0 saturated heterocycles. The molecule has 0 aliphatic heterocycles. The average Bonchev–Trinajstić information content (AvgIpc) is 2.97. The number of sulfonamides is 1. The van der Waals surface area contributed by atoms with Crippen LogP contribution in [0.25, 0.3) is 0 Å². The lowest BCUT2D eigenvalue weighted by molar-refractivity contribution is 0.340. The van der Waals surface area contributed by atoms with Gasteiger partial charge in [-0.15, -0.1) is 0 Å². The van der Waals surface area contributed by atoms with Crippen molar-refractivity contribution in [1.82, 2.24) is 4.83 Å². The molecule has 6 heteroatoms. The van der Waals surface area contributed by atoms with E-state index in [1.54, 1.807) is 12.1 Å². The number of hydrazone groups is 1. The maximum atomic E-state index is 12.3. The van der Waals surface area contributed by atoms with Crippen LogP contribution < -0.4 is 9.57 Å². The molecule has 0 radical (unpaired) electrons. The lowest BCUT2D eigenvalue weighted by Gasteiger charge is -2.07. The summed E-state index contributed by atoms with van der Waals surface area (Å²) >= 11 is 0. The van der Waals surface area contributed by atoms with E-state index in [1.807, 2.05) is 31.2 Å². The lowest BCUT2D eigenvalue weighted by atomic mass is 10.1. The van der Waals surface area contributed by atoms with Crippen molar-refractivity contribution < 1.29 is 13.2 Å². The van der Waals surface area contributed by atoms with Crippen LogP contribution in [-0.2, 0) is 16.4 Å². The number of fused-ring (bicyclic) bond motifs is 1. The highest BCUT2D eigenvalue weighted by Crippen LogP contribution is 2.22. The Hall–Kier alpha value is -2.34. The topological polar surface area (TPSA) is 67.8 Å². The van der Waals surface area contributed by atoms with E-state index in [4.69, 9.17) is 4.74 Å². The highest BCUT2D eigenvalue weighted by atomic mass is 32.2. The fraction of sp³-hybridized carbons (Fsp3) is 0.235. The Bertz CT molecular complexity index is 827. The van der Waals surface area contributed by atoms with Crippen molar-refractivity contribution >= 4 is 15.7 Å². The molecular formula is C17H18N2O3S. The molecule has 0 saturated carbocycles. The average molecular weight is 330 g/mol. The first-order valence-electron chi connectivity index (χ1n) is 7.49. The van der Waals surface area contributed by atoms with Crippen molar-refractivity contribution in [3.8, 4) is 5.75 Å². The van der Waals surface area contributed by atoms with Crippen molar-refractivity contribution in [3.63, 3.8) is 0 Å². The molecule has 0 spiro atoms. The second-order valence-corrected chi connectivity index (χ2v) is 6.88. The third-order valence-corrected chi connectivity index (χ3v) is 4.93. The quantitative estimate of drug-likeness (QED) is 0.857. The molecule has 3 rings (SSSR count). The zero-order valence-corrected chi connectivity index (χ0v) is 13.6.